The number of aryl methyl sites for hydroxylation is 1. The molecular weight excluding hydrogens is 390 g/mol. The molecule has 0 saturated carbocycles. The quantitative estimate of drug-likeness (QED) is 0.662. The fourth-order valence-electron chi connectivity index (χ4n) is 3.19. The molecular formula is C20H27N5O3S. The molecule has 1 aliphatic heterocycles. The molecule has 0 aliphatic carbocycles. The lowest BCUT2D eigenvalue weighted by atomic mass is 10.2. The number of carbonyl (C=O) groups is 2. The van der Waals surface area contributed by atoms with E-state index >= 15 is 0 Å². The van der Waals surface area contributed by atoms with Crippen LogP contribution in [0.2, 0.25) is 0 Å². The molecule has 2 N–H and O–H groups in total. The molecule has 8 nitrogen and oxygen atoms in total. The maximum Gasteiger partial charge on any atom is 0.252 e. The van der Waals surface area contributed by atoms with Gasteiger partial charge in [0.2, 0.25) is 5.91 Å². The van der Waals surface area contributed by atoms with Crippen LogP contribution in [0.3, 0.4) is 0 Å². The van der Waals surface area contributed by atoms with Crippen LogP contribution >= 0.6 is 11.3 Å². The van der Waals surface area contributed by atoms with Gasteiger partial charge in [-0.3, -0.25) is 25.3 Å². The number of aromatic nitrogens is 1. The molecule has 0 bridgehead atoms. The van der Waals surface area contributed by atoms with E-state index in [1.807, 2.05) is 37.4 Å². The summed E-state index contributed by atoms with van der Waals surface area (Å²) in [5.41, 5.74) is 6.93. The Morgan fingerprint density at radius 3 is 2.55 bits per heavy atom. The van der Waals surface area contributed by atoms with Gasteiger partial charge >= 0.3 is 0 Å². The molecule has 1 saturated heterocycles. The summed E-state index contributed by atoms with van der Waals surface area (Å²) in [6.45, 7) is 7.89. The van der Waals surface area contributed by atoms with E-state index in [1.165, 1.54) is 11.3 Å². The lowest BCUT2D eigenvalue weighted by Gasteiger charge is -2.36. The van der Waals surface area contributed by atoms with E-state index in [1.54, 1.807) is 0 Å². The highest BCUT2D eigenvalue weighted by Crippen LogP contribution is 2.28. The molecule has 1 fully saturated rings. The van der Waals surface area contributed by atoms with Crippen molar-refractivity contribution in [2.24, 2.45) is 0 Å². The fourth-order valence-corrected chi connectivity index (χ4v) is 3.96. The van der Waals surface area contributed by atoms with Gasteiger partial charge in [-0.1, -0.05) is 12.1 Å². The number of hydrazine groups is 1. The average Bonchev–Trinajstić information content (AvgIpc) is 3.12. The van der Waals surface area contributed by atoms with Gasteiger partial charge in [0, 0.05) is 37.3 Å². The lowest BCUT2D eigenvalue weighted by molar-refractivity contribution is -0.129. The Kier molecular flexibility index (Phi) is 7.42. The Bertz CT molecular complexity index is 833. The smallest absolute Gasteiger partial charge is 0.252 e. The van der Waals surface area contributed by atoms with E-state index in [0.717, 1.165) is 48.3 Å². The van der Waals surface area contributed by atoms with Gasteiger partial charge in [-0.15, -0.1) is 11.3 Å². The summed E-state index contributed by atoms with van der Waals surface area (Å²) in [6, 6.07) is 8.02. The molecule has 1 aromatic carbocycles. The minimum atomic E-state index is -0.273. The molecule has 9 heteroatoms. The van der Waals surface area contributed by atoms with Crippen molar-refractivity contribution < 1.29 is 14.3 Å². The van der Waals surface area contributed by atoms with Crippen LogP contribution in [0.15, 0.2) is 29.6 Å². The van der Waals surface area contributed by atoms with Gasteiger partial charge in [-0.05, 0) is 26.0 Å². The predicted octanol–water partition coefficient (Wildman–Crippen LogP) is 1.36. The molecule has 2 aromatic rings. The lowest BCUT2D eigenvalue weighted by Crippen LogP contribution is -2.52. The van der Waals surface area contributed by atoms with E-state index < -0.39 is 0 Å². The number of para-hydroxylation sites is 2. The van der Waals surface area contributed by atoms with E-state index in [4.69, 9.17) is 4.74 Å². The number of thiazole rings is 1. The largest absolute Gasteiger partial charge is 0.492 e. The van der Waals surface area contributed by atoms with Gasteiger partial charge in [0.1, 0.15) is 10.8 Å². The van der Waals surface area contributed by atoms with E-state index in [9.17, 15) is 9.59 Å². The summed E-state index contributed by atoms with van der Waals surface area (Å²) in [5, 5.41) is 2.63. The molecule has 0 radical (unpaired) electrons. The number of piperazine rings is 1. The van der Waals surface area contributed by atoms with Crippen molar-refractivity contribution in [3.05, 3.63) is 40.3 Å². The molecule has 156 valence electrons. The molecule has 1 aromatic heterocycles. The third-order valence-electron chi connectivity index (χ3n) is 4.56. The molecule has 0 unspecified atom stereocenters. The summed E-state index contributed by atoms with van der Waals surface area (Å²) in [6.07, 6.45) is 0.163. The van der Waals surface area contributed by atoms with Crippen LogP contribution in [-0.4, -0.2) is 61.0 Å². The Hall–Kier alpha value is -2.65. The van der Waals surface area contributed by atoms with Crippen LogP contribution in [0.1, 0.15) is 17.6 Å². The highest BCUT2D eigenvalue weighted by molar-refractivity contribution is 7.09. The molecule has 0 atom stereocenters. The van der Waals surface area contributed by atoms with Gasteiger partial charge in [0.15, 0.2) is 0 Å². The zero-order valence-corrected chi connectivity index (χ0v) is 17.6. The standard InChI is InChI=1S/C20H27N5O3S/c1-3-28-17-7-5-4-6-16(17)25-10-8-24(9-11-25)13-19(27)23-22-18(26)12-20-21-15(2)14-29-20/h4-7,14H,3,8-13H2,1-2H3,(H,22,26)(H,23,27). The fraction of sp³-hybridized carbons (Fsp3) is 0.450. The van der Waals surface area contributed by atoms with Crippen LogP contribution < -0.4 is 20.5 Å². The van der Waals surface area contributed by atoms with Gasteiger partial charge in [0.25, 0.3) is 5.91 Å². The molecule has 0 spiro atoms. The number of amides is 2. The minimum Gasteiger partial charge on any atom is -0.492 e. The third-order valence-corrected chi connectivity index (χ3v) is 5.53. The zero-order chi connectivity index (χ0) is 20.6. The highest BCUT2D eigenvalue weighted by Gasteiger charge is 2.21. The van der Waals surface area contributed by atoms with Crippen LogP contribution in [0.5, 0.6) is 5.75 Å². The number of rotatable bonds is 7. The van der Waals surface area contributed by atoms with Crippen LogP contribution in [0.4, 0.5) is 5.69 Å². The van der Waals surface area contributed by atoms with Crippen LogP contribution in [-0.2, 0) is 16.0 Å². The monoisotopic (exact) mass is 417 g/mol. The first-order valence-corrected chi connectivity index (χ1v) is 10.6. The Morgan fingerprint density at radius 1 is 1.14 bits per heavy atom. The van der Waals surface area contributed by atoms with Gasteiger partial charge in [-0.25, -0.2) is 4.98 Å². The number of ether oxygens (including phenoxy) is 1. The number of hydrogen-bond donors (Lipinski definition) is 2. The molecule has 2 amide bonds. The summed E-state index contributed by atoms with van der Waals surface area (Å²) < 4.78 is 5.72. The number of nitrogens with one attached hydrogen (secondary N) is 2. The Morgan fingerprint density at radius 2 is 1.86 bits per heavy atom. The first-order valence-electron chi connectivity index (χ1n) is 9.73. The Labute approximate surface area is 174 Å². The van der Waals surface area contributed by atoms with Crippen molar-refractivity contribution in [2.75, 3.05) is 44.2 Å². The van der Waals surface area contributed by atoms with E-state index in [2.05, 4.69) is 31.7 Å². The van der Waals surface area contributed by atoms with E-state index in [-0.39, 0.29) is 24.8 Å². The number of hydrogen-bond acceptors (Lipinski definition) is 7. The summed E-state index contributed by atoms with van der Waals surface area (Å²) in [7, 11) is 0. The second-order valence-electron chi connectivity index (χ2n) is 6.82. The first kappa shape index (κ1) is 21.1. The van der Waals surface area contributed by atoms with Crippen LogP contribution in [0.25, 0.3) is 0 Å². The highest BCUT2D eigenvalue weighted by atomic mass is 32.1. The number of benzene rings is 1. The van der Waals surface area contributed by atoms with Gasteiger partial charge in [-0.2, -0.15) is 0 Å². The molecule has 1 aliphatic rings. The van der Waals surface area contributed by atoms with Crippen molar-refractivity contribution in [1.29, 1.82) is 0 Å². The van der Waals surface area contributed by atoms with Crippen molar-refractivity contribution in [3.8, 4) is 5.75 Å². The summed E-state index contributed by atoms with van der Waals surface area (Å²) >= 11 is 1.44. The summed E-state index contributed by atoms with van der Waals surface area (Å²) in [4.78, 5) is 32.7. The minimum absolute atomic E-state index is 0.163. The van der Waals surface area contributed by atoms with E-state index in [0.29, 0.717) is 6.61 Å². The van der Waals surface area contributed by atoms with Crippen molar-refractivity contribution in [3.63, 3.8) is 0 Å². The van der Waals surface area contributed by atoms with Crippen molar-refractivity contribution in [2.45, 2.75) is 20.3 Å². The van der Waals surface area contributed by atoms with Crippen molar-refractivity contribution >= 4 is 28.8 Å². The molecule has 29 heavy (non-hydrogen) atoms. The normalized spacial score (nSPS) is 14.5. The number of carbonyl (C=O) groups excluding carboxylic acids is 2. The second kappa shape index (κ2) is 10.2. The first-order chi connectivity index (χ1) is 14.0. The molecule has 2 heterocycles. The second-order valence-corrected chi connectivity index (χ2v) is 7.76. The van der Waals surface area contributed by atoms with Gasteiger partial charge in [0.05, 0.1) is 25.3 Å². The SMILES string of the molecule is CCOc1ccccc1N1CCN(CC(=O)NNC(=O)Cc2nc(C)cs2)CC1. The van der Waals surface area contributed by atoms with Crippen LogP contribution in [0, 0.1) is 6.92 Å². The van der Waals surface area contributed by atoms with Crippen molar-refractivity contribution in [1.82, 2.24) is 20.7 Å². The van der Waals surface area contributed by atoms with Gasteiger partial charge < -0.3 is 9.64 Å². The third kappa shape index (κ3) is 6.16. The number of anilines is 1. The maximum absolute atomic E-state index is 12.1. The zero-order valence-electron chi connectivity index (χ0n) is 16.8. The summed E-state index contributed by atoms with van der Waals surface area (Å²) in [5.74, 6) is 0.390. The predicted molar refractivity (Wildman–Crippen MR) is 113 cm³/mol. The average molecular weight is 418 g/mol. The number of nitrogens with zero attached hydrogens (tertiary/aromatic N) is 3. The molecule has 3 rings (SSSR count). The maximum atomic E-state index is 12.1. The Balaban J connectivity index is 1.40. The topological polar surface area (TPSA) is 86.8 Å².